The number of sulfonamides is 1. The fourth-order valence-electron chi connectivity index (χ4n) is 4.93. The van der Waals surface area contributed by atoms with Crippen LogP contribution >= 0.6 is 0 Å². The molecule has 0 saturated carbocycles. The molecule has 0 aliphatic carbocycles. The van der Waals surface area contributed by atoms with Crippen LogP contribution in [-0.2, 0) is 20.6 Å². The van der Waals surface area contributed by atoms with E-state index in [-0.39, 0.29) is 49.4 Å². The lowest BCUT2D eigenvalue weighted by molar-refractivity contribution is -0.158. The monoisotopic (exact) mass is 487 g/mol. The minimum absolute atomic E-state index is 0.147. The molecule has 35 heavy (non-hydrogen) atoms. The number of fused-ring (bicyclic) bond motifs is 1. The molecule has 2 aliphatic rings. The van der Waals surface area contributed by atoms with Gasteiger partial charge in [0.05, 0.1) is 31.0 Å². The summed E-state index contributed by atoms with van der Waals surface area (Å²) in [4.78, 5) is 18.6. The molecular weight excluding hydrogens is 462 g/mol. The van der Waals surface area contributed by atoms with Gasteiger partial charge >= 0.3 is 0 Å². The predicted molar refractivity (Wildman–Crippen MR) is 132 cm³/mol. The lowest BCUT2D eigenvalue weighted by Crippen LogP contribution is -2.73. The van der Waals surface area contributed by atoms with Gasteiger partial charge in [0.1, 0.15) is 0 Å². The molecule has 2 saturated heterocycles. The molecule has 2 aliphatic heterocycles. The molecule has 0 bridgehead atoms. The zero-order valence-corrected chi connectivity index (χ0v) is 19.8. The second kappa shape index (κ2) is 9.62. The van der Waals surface area contributed by atoms with Crippen molar-refractivity contribution in [2.24, 2.45) is 0 Å². The Kier molecular flexibility index (Phi) is 6.39. The summed E-state index contributed by atoms with van der Waals surface area (Å²) in [5.41, 5.74) is 3.29. The number of aliphatic hydroxyl groups excluding tert-OH is 1. The van der Waals surface area contributed by atoms with E-state index in [9.17, 15) is 18.3 Å². The van der Waals surface area contributed by atoms with Gasteiger partial charge in [-0.3, -0.25) is 9.78 Å². The van der Waals surface area contributed by atoms with E-state index in [1.165, 1.54) is 4.31 Å². The van der Waals surface area contributed by atoms with Crippen molar-refractivity contribution in [3.8, 4) is 11.8 Å². The molecule has 3 aromatic rings. The van der Waals surface area contributed by atoms with Gasteiger partial charge in [-0.05, 0) is 35.4 Å². The molecule has 0 radical (unpaired) electrons. The van der Waals surface area contributed by atoms with Crippen molar-refractivity contribution in [2.75, 3.05) is 19.7 Å². The minimum atomic E-state index is -3.66. The topological polar surface area (TPSA) is 90.8 Å². The van der Waals surface area contributed by atoms with E-state index in [0.717, 1.165) is 16.7 Å². The fourth-order valence-corrected chi connectivity index (χ4v) is 6.41. The smallest absolute Gasteiger partial charge is 0.238 e. The highest BCUT2D eigenvalue weighted by Gasteiger charge is 2.55. The average molecular weight is 488 g/mol. The van der Waals surface area contributed by atoms with E-state index in [4.69, 9.17) is 0 Å². The van der Waals surface area contributed by atoms with E-state index >= 15 is 0 Å². The molecule has 1 aromatic heterocycles. The lowest BCUT2D eigenvalue weighted by Gasteiger charge is -2.58. The summed E-state index contributed by atoms with van der Waals surface area (Å²) in [6.07, 6.45) is 3.40. The number of hydrogen-bond donors (Lipinski definition) is 1. The maximum atomic E-state index is 13.1. The van der Waals surface area contributed by atoms with Crippen LogP contribution < -0.4 is 0 Å². The Morgan fingerprint density at radius 1 is 0.971 bits per heavy atom. The zero-order chi connectivity index (χ0) is 24.4. The van der Waals surface area contributed by atoms with Gasteiger partial charge in [-0.2, -0.15) is 4.31 Å². The van der Waals surface area contributed by atoms with Crippen LogP contribution in [0.15, 0.2) is 79.1 Å². The molecule has 3 heterocycles. The molecule has 3 atom stereocenters. The Morgan fingerprint density at radius 3 is 2.40 bits per heavy atom. The van der Waals surface area contributed by atoms with Crippen molar-refractivity contribution in [1.82, 2.24) is 14.2 Å². The average Bonchev–Trinajstić information content (AvgIpc) is 2.85. The number of aliphatic hydroxyl groups is 1. The Bertz CT molecular complexity index is 1370. The van der Waals surface area contributed by atoms with Gasteiger partial charge in [0, 0.05) is 36.0 Å². The normalized spacial score (nSPS) is 22.0. The second-order valence-electron chi connectivity index (χ2n) is 8.79. The van der Waals surface area contributed by atoms with Crippen molar-refractivity contribution in [3.05, 3.63) is 101 Å². The van der Waals surface area contributed by atoms with Crippen LogP contribution in [0.25, 0.3) is 0 Å². The summed E-state index contributed by atoms with van der Waals surface area (Å²) >= 11 is 0. The highest BCUT2D eigenvalue weighted by molar-refractivity contribution is 7.88. The van der Waals surface area contributed by atoms with Crippen molar-refractivity contribution >= 4 is 15.9 Å². The zero-order valence-electron chi connectivity index (χ0n) is 19.0. The third-order valence-electron chi connectivity index (χ3n) is 6.61. The van der Waals surface area contributed by atoms with Gasteiger partial charge < -0.3 is 10.0 Å². The van der Waals surface area contributed by atoms with Crippen molar-refractivity contribution in [2.45, 2.75) is 23.8 Å². The third-order valence-corrected chi connectivity index (χ3v) is 8.38. The van der Waals surface area contributed by atoms with Crippen molar-refractivity contribution < 1.29 is 18.3 Å². The molecule has 178 valence electrons. The van der Waals surface area contributed by atoms with Crippen LogP contribution in [0.3, 0.4) is 0 Å². The quantitative estimate of drug-likeness (QED) is 0.556. The van der Waals surface area contributed by atoms with Gasteiger partial charge in [-0.1, -0.05) is 54.3 Å². The summed E-state index contributed by atoms with van der Waals surface area (Å²) in [7, 11) is -3.66. The van der Waals surface area contributed by atoms with Gasteiger partial charge in [-0.15, -0.1) is 0 Å². The standard InChI is InChI=1S/C27H25N3O4S/c31-18-25-27(23-12-10-20(11-13-23)8-9-21-7-4-14-28-15-21)24-16-29(17-26(32)30(24)25)35(33,34)19-22-5-2-1-3-6-22/h1-7,10-15,24-25,27,31H,16-19H2/t24-,25-,27+/m1/s1. The summed E-state index contributed by atoms with van der Waals surface area (Å²) in [5.74, 6) is 5.61. The number of carbonyl (C=O) groups is 1. The number of aromatic nitrogens is 1. The second-order valence-corrected chi connectivity index (χ2v) is 10.8. The number of rotatable bonds is 5. The first kappa shape index (κ1) is 23.2. The van der Waals surface area contributed by atoms with Crippen LogP contribution in [0.1, 0.15) is 28.2 Å². The van der Waals surface area contributed by atoms with Crippen LogP contribution in [0, 0.1) is 11.8 Å². The molecule has 2 aromatic carbocycles. The lowest BCUT2D eigenvalue weighted by atomic mass is 9.74. The highest BCUT2D eigenvalue weighted by atomic mass is 32.2. The minimum Gasteiger partial charge on any atom is -0.394 e. The Balaban J connectivity index is 1.34. The number of benzene rings is 2. The number of piperazine rings is 1. The maximum absolute atomic E-state index is 13.1. The Hall–Kier alpha value is -3.51. The number of hydrogen-bond acceptors (Lipinski definition) is 5. The van der Waals surface area contributed by atoms with Gasteiger partial charge in [-0.25, -0.2) is 8.42 Å². The molecule has 2 fully saturated rings. The number of amides is 1. The molecule has 1 N–H and O–H groups in total. The first-order chi connectivity index (χ1) is 17.0. The number of carbonyl (C=O) groups excluding carboxylic acids is 1. The van der Waals surface area contributed by atoms with E-state index in [0.29, 0.717) is 5.56 Å². The number of nitrogens with zero attached hydrogens (tertiary/aromatic N) is 3. The van der Waals surface area contributed by atoms with Gasteiger partial charge in [0.15, 0.2) is 0 Å². The Morgan fingerprint density at radius 2 is 1.71 bits per heavy atom. The molecule has 8 heteroatoms. The molecule has 0 spiro atoms. The van der Waals surface area contributed by atoms with Crippen LogP contribution in [-0.4, -0.2) is 65.4 Å². The third kappa shape index (κ3) is 4.71. The van der Waals surface area contributed by atoms with E-state index in [1.807, 2.05) is 42.5 Å². The molecule has 5 rings (SSSR count). The summed E-state index contributed by atoms with van der Waals surface area (Å²) in [6, 6.07) is 19.7. The maximum Gasteiger partial charge on any atom is 0.238 e. The summed E-state index contributed by atoms with van der Waals surface area (Å²) in [5, 5.41) is 10.0. The van der Waals surface area contributed by atoms with E-state index in [1.54, 1.807) is 41.6 Å². The number of pyridine rings is 1. The van der Waals surface area contributed by atoms with Crippen molar-refractivity contribution in [1.29, 1.82) is 0 Å². The van der Waals surface area contributed by atoms with E-state index < -0.39 is 10.0 Å². The molecule has 0 unspecified atom stereocenters. The fraction of sp³-hybridized carbons (Fsp3) is 0.259. The van der Waals surface area contributed by atoms with Gasteiger partial charge in [0.25, 0.3) is 0 Å². The van der Waals surface area contributed by atoms with Crippen LogP contribution in [0.2, 0.25) is 0 Å². The first-order valence-corrected chi connectivity index (χ1v) is 13.0. The highest BCUT2D eigenvalue weighted by Crippen LogP contribution is 2.43. The summed E-state index contributed by atoms with van der Waals surface area (Å²) in [6.45, 7) is -0.158. The first-order valence-electron chi connectivity index (χ1n) is 11.4. The molecule has 7 nitrogen and oxygen atoms in total. The predicted octanol–water partition coefficient (Wildman–Crippen LogP) is 1.98. The van der Waals surface area contributed by atoms with Crippen molar-refractivity contribution in [3.63, 3.8) is 0 Å². The SMILES string of the molecule is O=C1CN(S(=O)(=O)Cc2ccccc2)C[C@@H]2[C@H](c3ccc(C#Cc4cccnc4)cc3)[C@@H](CO)N12. The van der Waals surface area contributed by atoms with Crippen LogP contribution in [0.5, 0.6) is 0 Å². The van der Waals surface area contributed by atoms with Crippen LogP contribution in [0.4, 0.5) is 0 Å². The molecule has 1 amide bonds. The van der Waals surface area contributed by atoms with E-state index in [2.05, 4.69) is 16.8 Å². The molecular formula is C27H25N3O4S. The Labute approximate surface area is 205 Å². The summed E-state index contributed by atoms with van der Waals surface area (Å²) < 4.78 is 27.5. The largest absolute Gasteiger partial charge is 0.394 e. The van der Waals surface area contributed by atoms with Gasteiger partial charge in [0.2, 0.25) is 15.9 Å².